The molecule has 0 aliphatic heterocycles. The molecule has 1 aromatic heterocycles. The molecule has 1 aromatic carbocycles. The van der Waals surface area contributed by atoms with Gasteiger partial charge in [-0.15, -0.1) is 0 Å². The van der Waals surface area contributed by atoms with Crippen LogP contribution in [0.1, 0.15) is 23.0 Å². The lowest BCUT2D eigenvalue weighted by Gasteiger charge is -2.06. The van der Waals surface area contributed by atoms with Crippen LogP contribution in [0, 0.1) is 17.0 Å². The molecule has 0 saturated heterocycles. The normalized spacial score (nSPS) is 10.3. The van der Waals surface area contributed by atoms with Crippen LogP contribution in [-0.4, -0.2) is 33.8 Å². The average molecular weight is 318 g/mol. The summed E-state index contributed by atoms with van der Waals surface area (Å²) in [6, 6.07) is 8.24. The Balaban J connectivity index is 1.88. The molecule has 0 aliphatic carbocycles. The molecule has 8 heteroatoms. The standard InChI is InChI=1S/C15H18N4O4/c1-3-23-13-6-4-12(5-7-13)15(20)16-8-9-18-11(2)10-14(17-18)19(21)22/h4-7,10H,3,8-9H2,1-2H3,(H,16,20). The van der Waals surface area contributed by atoms with Gasteiger partial charge in [0.05, 0.1) is 30.0 Å². The molecule has 0 fully saturated rings. The lowest BCUT2D eigenvalue weighted by molar-refractivity contribution is -0.389. The number of carbonyl (C=O) groups excluding carboxylic acids is 1. The number of carbonyl (C=O) groups is 1. The van der Waals surface area contributed by atoms with Crippen LogP contribution in [0.15, 0.2) is 30.3 Å². The van der Waals surface area contributed by atoms with Crippen LogP contribution in [-0.2, 0) is 6.54 Å². The van der Waals surface area contributed by atoms with Gasteiger partial charge in [-0.3, -0.25) is 4.79 Å². The fourth-order valence-corrected chi connectivity index (χ4v) is 2.05. The van der Waals surface area contributed by atoms with Crippen LogP contribution in [0.25, 0.3) is 0 Å². The monoisotopic (exact) mass is 318 g/mol. The summed E-state index contributed by atoms with van der Waals surface area (Å²) in [7, 11) is 0. The highest BCUT2D eigenvalue weighted by atomic mass is 16.6. The summed E-state index contributed by atoms with van der Waals surface area (Å²) < 4.78 is 6.81. The summed E-state index contributed by atoms with van der Waals surface area (Å²) in [4.78, 5) is 22.1. The van der Waals surface area contributed by atoms with Crippen LogP contribution in [0.2, 0.25) is 0 Å². The third kappa shape index (κ3) is 4.29. The van der Waals surface area contributed by atoms with E-state index < -0.39 is 4.92 Å². The van der Waals surface area contributed by atoms with Crippen molar-refractivity contribution < 1.29 is 14.5 Å². The molecule has 0 unspecified atom stereocenters. The van der Waals surface area contributed by atoms with Crippen LogP contribution < -0.4 is 10.1 Å². The van der Waals surface area contributed by atoms with Crippen LogP contribution >= 0.6 is 0 Å². The first-order chi connectivity index (χ1) is 11.0. The van der Waals surface area contributed by atoms with Gasteiger partial charge in [0.1, 0.15) is 5.75 Å². The van der Waals surface area contributed by atoms with Gasteiger partial charge >= 0.3 is 5.82 Å². The topological polar surface area (TPSA) is 99.3 Å². The molecular formula is C15H18N4O4. The minimum Gasteiger partial charge on any atom is -0.494 e. The molecule has 0 spiro atoms. The van der Waals surface area contributed by atoms with Crippen molar-refractivity contribution in [2.75, 3.05) is 13.2 Å². The van der Waals surface area contributed by atoms with Gasteiger partial charge in [0.15, 0.2) is 0 Å². The smallest absolute Gasteiger partial charge is 0.390 e. The minimum absolute atomic E-state index is 0.194. The Morgan fingerprint density at radius 1 is 1.39 bits per heavy atom. The summed E-state index contributed by atoms with van der Waals surface area (Å²) >= 11 is 0. The van der Waals surface area contributed by atoms with Gasteiger partial charge in [0.25, 0.3) is 5.91 Å². The number of nitrogens with zero attached hydrogens (tertiary/aromatic N) is 3. The predicted molar refractivity (Wildman–Crippen MR) is 83.6 cm³/mol. The first-order valence-corrected chi connectivity index (χ1v) is 7.21. The van der Waals surface area contributed by atoms with Crippen molar-refractivity contribution in [1.82, 2.24) is 15.1 Å². The summed E-state index contributed by atoms with van der Waals surface area (Å²) in [5, 5.41) is 17.3. The van der Waals surface area contributed by atoms with Gasteiger partial charge in [-0.1, -0.05) is 0 Å². The Morgan fingerprint density at radius 2 is 2.09 bits per heavy atom. The van der Waals surface area contributed by atoms with Crippen LogP contribution in [0.4, 0.5) is 5.82 Å². The Morgan fingerprint density at radius 3 is 2.65 bits per heavy atom. The van der Waals surface area contributed by atoms with E-state index in [4.69, 9.17) is 4.74 Å². The fourth-order valence-electron chi connectivity index (χ4n) is 2.05. The van der Waals surface area contributed by atoms with Crippen molar-refractivity contribution >= 4 is 11.7 Å². The van der Waals surface area contributed by atoms with Gasteiger partial charge in [-0.05, 0) is 43.0 Å². The second-order valence-corrected chi connectivity index (χ2v) is 4.84. The minimum atomic E-state index is -0.540. The molecule has 8 nitrogen and oxygen atoms in total. The Kier molecular flexibility index (Phi) is 5.29. The largest absolute Gasteiger partial charge is 0.494 e. The molecular weight excluding hydrogens is 300 g/mol. The van der Waals surface area contributed by atoms with Gasteiger partial charge in [-0.2, -0.15) is 4.68 Å². The van der Waals surface area contributed by atoms with Crippen LogP contribution in [0.3, 0.4) is 0 Å². The molecule has 122 valence electrons. The SMILES string of the molecule is CCOc1ccc(C(=O)NCCn2nc([N+](=O)[O-])cc2C)cc1. The first kappa shape index (κ1) is 16.5. The summed E-state index contributed by atoms with van der Waals surface area (Å²) in [5.74, 6) is 0.302. The molecule has 1 N–H and O–H groups in total. The summed E-state index contributed by atoms with van der Waals surface area (Å²) in [6.45, 7) is 4.88. The highest BCUT2D eigenvalue weighted by Gasteiger charge is 2.15. The van der Waals surface area contributed by atoms with E-state index in [-0.39, 0.29) is 11.7 Å². The van der Waals surface area contributed by atoms with E-state index in [0.29, 0.717) is 36.7 Å². The lowest BCUT2D eigenvalue weighted by Crippen LogP contribution is -2.27. The van der Waals surface area contributed by atoms with Crippen molar-refractivity contribution in [3.05, 3.63) is 51.7 Å². The molecule has 0 atom stereocenters. The van der Waals surface area contributed by atoms with E-state index >= 15 is 0 Å². The van der Waals surface area contributed by atoms with Crippen LogP contribution in [0.5, 0.6) is 5.75 Å². The third-order valence-corrected chi connectivity index (χ3v) is 3.19. The molecule has 2 rings (SSSR count). The van der Waals surface area contributed by atoms with E-state index in [1.54, 1.807) is 31.2 Å². The Labute approximate surface area is 133 Å². The Hall–Kier alpha value is -2.90. The van der Waals surface area contributed by atoms with Crippen molar-refractivity contribution in [3.8, 4) is 5.75 Å². The predicted octanol–water partition coefficient (Wildman–Crippen LogP) is 1.93. The number of nitro groups is 1. The highest BCUT2D eigenvalue weighted by Crippen LogP contribution is 2.12. The molecule has 2 aromatic rings. The maximum Gasteiger partial charge on any atom is 0.390 e. The molecule has 1 heterocycles. The zero-order chi connectivity index (χ0) is 16.8. The number of ether oxygens (including phenoxy) is 1. The maximum absolute atomic E-state index is 12.0. The molecule has 0 bridgehead atoms. The average Bonchev–Trinajstić information content (AvgIpc) is 2.90. The number of rotatable bonds is 7. The first-order valence-electron chi connectivity index (χ1n) is 7.21. The van der Waals surface area contributed by atoms with Crippen molar-refractivity contribution in [3.63, 3.8) is 0 Å². The number of hydrogen-bond donors (Lipinski definition) is 1. The molecule has 0 aliphatic rings. The van der Waals surface area contributed by atoms with Crippen molar-refractivity contribution in [2.45, 2.75) is 20.4 Å². The number of aryl methyl sites for hydroxylation is 1. The third-order valence-electron chi connectivity index (χ3n) is 3.19. The van der Waals surface area contributed by atoms with Gasteiger partial charge in [-0.25, -0.2) is 0 Å². The van der Waals surface area contributed by atoms with Gasteiger partial charge < -0.3 is 20.2 Å². The quantitative estimate of drug-likeness (QED) is 0.621. The lowest BCUT2D eigenvalue weighted by atomic mass is 10.2. The summed E-state index contributed by atoms with van der Waals surface area (Å²) in [5.41, 5.74) is 1.20. The number of amides is 1. The van der Waals surface area contributed by atoms with Gasteiger partial charge in [0.2, 0.25) is 0 Å². The molecule has 23 heavy (non-hydrogen) atoms. The number of benzene rings is 1. The van der Waals surface area contributed by atoms with E-state index in [2.05, 4.69) is 10.4 Å². The van der Waals surface area contributed by atoms with Gasteiger partial charge in [0, 0.05) is 12.1 Å². The van der Waals surface area contributed by atoms with Crippen molar-refractivity contribution in [2.24, 2.45) is 0 Å². The molecule has 0 saturated carbocycles. The van der Waals surface area contributed by atoms with Crippen molar-refractivity contribution in [1.29, 1.82) is 0 Å². The zero-order valence-electron chi connectivity index (χ0n) is 13.0. The van der Waals surface area contributed by atoms with E-state index in [1.165, 1.54) is 10.7 Å². The molecule has 0 radical (unpaired) electrons. The Bertz CT molecular complexity index is 694. The second kappa shape index (κ2) is 7.39. The zero-order valence-corrected chi connectivity index (χ0v) is 13.0. The van der Waals surface area contributed by atoms with E-state index in [1.807, 2.05) is 6.92 Å². The molecule has 1 amide bonds. The number of hydrogen-bond acceptors (Lipinski definition) is 5. The highest BCUT2D eigenvalue weighted by molar-refractivity contribution is 5.94. The summed E-state index contributed by atoms with van der Waals surface area (Å²) in [6.07, 6.45) is 0. The number of nitrogens with one attached hydrogen (secondary N) is 1. The maximum atomic E-state index is 12.0. The van der Waals surface area contributed by atoms with E-state index in [0.717, 1.165) is 0 Å². The fraction of sp³-hybridized carbons (Fsp3) is 0.333. The number of aromatic nitrogens is 2. The van der Waals surface area contributed by atoms with E-state index in [9.17, 15) is 14.9 Å². The second-order valence-electron chi connectivity index (χ2n) is 4.84.